The molecule has 0 spiro atoms. The molecule has 0 bridgehead atoms. The van der Waals surface area contributed by atoms with Gasteiger partial charge in [-0.2, -0.15) is 5.10 Å². The first kappa shape index (κ1) is 21.1. The molecule has 2 aromatic rings. The van der Waals surface area contributed by atoms with E-state index in [2.05, 4.69) is 15.7 Å². The Morgan fingerprint density at radius 2 is 2.11 bits per heavy atom. The standard InChI is InChI=1S/C19H26N4O3S.ClH/c1-27(24,25)19-8-3-2-7-18(19)23-12-14(11-21-23)22-16-6-4-5-15(16)17-13-26-10-9-20-17;/h2-3,7-8,11-12,15-17,20,22H,4-6,9-10,13H2,1H3;1H. The van der Waals surface area contributed by atoms with Crippen molar-refractivity contribution in [2.75, 3.05) is 31.3 Å². The summed E-state index contributed by atoms with van der Waals surface area (Å²) in [6, 6.07) is 7.69. The summed E-state index contributed by atoms with van der Waals surface area (Å²) >= 11 is 0. The van der Waals surface area contributed by atoms with Gasteiger partial charge in [-0.1, -0.05) is 18.6 Å². The zero-order valence-electron chi connectivity index (χ0n) is 15.9. The van der Waals surface area contributed by atoms with Gasteiger partial charge in [0.2, 0.25) is 0 Å². The van der Waals surface area contributed by atoms with Crippen molar-refractivity contribution >= 4 is 27.9 Å². The number of aromatic nitrogens is 2. The summed E-state index contributed by atoms with van der Waals surface area (Å²) in [5, 5.41) is 11.6. The lowest BCUT2D eigenvalue weighted by atomic mass is 9.94. The van der Waals surface area contributed by atoms with Crippen LogP contribution in [0.3, 0.4) is 0 Å². The van der Waals surface area contributed by atoms with E-state index in [1.807, 2.05) is 12.3 Å². The first-order valence-electron chi connectivity index (χ1n) is 9.44. The Hall–Kier alpha value is -1.61. The monoisotopic (exact) mass is 426 g/mol. The topological polar surface area (TPSA) is 85.2 Å². The summed E-state index contributed by atoms with van der Waals surface area (Å²) in [5.74, 6) is 0.525. The van der Waals surface area contributed by atoms with Gasteiger partial charge in [-0.25, -0.2) is 13.1 Å². The summed E-state index contributed by atoms with van der Waals surface area (Å²) < 4.78 is 31.4. The maximum atomic E-state index is 12.1. The SMILES string of the molecule is CS(=O)(=O)c1ccccc1-n1cc(NC2CCCC2C2COCCN2)cn1.Cl. The van der Waals surface area contributed by atoms with Crippen LogP contribution >= 0.6 is 12.4 Å². The predicted octanol–water partition coefficient (Wildman–Crippen LogP) is 2.27. The maximum Gasteiger partial charge on any atom is 0.177 e. The van der Waals surface area contributed by atoms with E-state index in [1.165, 1.54) is 19.1 Å². The highest BCUT2D eigenvalue weighted by Gasteiger charge is 2.34. The van der Waals surface area contributed by atoms with Crippen molar-refractivity contribution in [3.05, 3.63) is 36.7 Å². The van der Waals surface area contributed by atoms with Gasteiger partial charge in [-0.3, -0.25) is 0 Å². The van der Waals surface area contributed by atoms with Crippen LogP contribution in [-0.2, 0) is 14.6 Å². The van der Waals surface area contributed by atoms with Crippen molar-refractivity contribution in [3.8, 4) is 5.69 Å². The molecule has 1 saturated carbocycles. The lowest BCUT2D eigenvalue weighted by molar-refractivity contribution is 0.0559. The number of hydrogen-bond donors (Lipinski definition) is 2. The number of morpholine rings is 1. The van der Waals surface area contributed by atoms with Crippen molar-refractivity contribution in [2.24, 2.45) is 5.92 Å². The second-order valence-electron chi connectivity index (χ2n) is 7.39. The molecular weight excluding hydrogens is 400 g/mol. The first-order chi connectivity index (χ1) is 13.0. The molecule has 2 heterocycles. The third kappa shape index (κ3) is 4.51. The Morgan fingerprint density at radius 1 is 1.29 bits per heavy atom. The maximum absolute atomic E-state index is 12.1. The van der Waals surface area contributed by atoms with E-state index < -0.39 is 9.84 Å². The third-order valence-electron chi connectivity index (χ3n) is 5.48. The van der Waals surface area contributed by atoms with E-state index in [9.17, 15) is 8.42 Å². The van der Waals surface area contributed by atoms with Gasteiger partial charge in [-0.05, 0) is 30.9 Å². The van der Waals surface area contributed by atoms with Crippen molar-refractivity contribution < 1.29 is 13.2 Å². The van der Waals surface area contributed by atoms with E-state index in [0.29, 0.717) is 23.7 Å². The van der Waals surface area contributed by atoms with E-state index >= 15 is 0 Å². The second kappa shape index (κ2) is 8.82. The number of nitrogens with zero attached hydrogens (tertiary/aromatic N) is 2. The van der Waals surface area contributed by atoms with Gasteiger partial charge in [-0.15, -0.1) is 12.4 Å². The van der Waals surface area contributed by atoms with Crippen molar-refractivity contribution in [2.45, 2.75) is 36.2 Å². The fraction of sp³-hybridized carbons (Fsp3) is 0.526. The van der Waals surface area contributed by atoms with Gasteiger partial charge >= 0.3 is 0 Å². The molecule has 9 heteroatoms. The second-order valence-corrected chi connectivity index (χ2v) is 9.38. The highest BCUT2D eigenvalue weighted by atomic mass is 35.5. The van der Waals surface area contributed by atoms with Crippen LogP contribution in [0.1, 0.15) is 19.3 Å². The normalized spacial score (nSPS) is 25.2. The van der Waals surface area contributed by atoms with Crippen LogP contribution in [0, 0.1) is 5.92 Å². The number of nitrogens with one attached hydrogen (secondary N) is 2. The summed E-state index contributed by atoms with van der Waals surface area (Å²) in [6.45, 7) is 2.46. The lowest BCUT2D eigenvalue weighted by Gasteiger charge is -2.33. The Bertz CT molecular complexity index is 896. The van der Waals surface area contributed by atoms with Crippen LogP contribution in [0.4, 0.5) is 5.69 Å². The molecule has 1 aliphatic heterocycles. The summed E-state index contributed by atoms with van der Waals surface area (Å²) in [7, 11) is -3.32. The zero-order chi connectivity index (χ0) is 18.9. The van der Waals surface area contributed by atoms with E-state index in [-0.39, 0.29) is 17.3 Å². The molecule has 7 nitrogen and oxygen atoms in total. The predicted molar refractivity (Wildman–Crippen MR) is 111 cm³/mol. The van der Waals surface area contributed by atoms with Gasteiger partial charge < -0.3 is 15.4 Å². The van der Waals surface area contributed by atoms with Crippen molar-refractivity contribution in [1.82, 2.24) is 15.1 Å². The van der Waals surface area contributed by atoms with Crippen LogP contribution in [0.15, 0.2) is 41.6 Å². The van der Waals surface area contributed by atoms with Gasteiger partial charge in [0.05, 0.1) is 41.9 Å². The van der Waals surface area contributed by atoms with Gasteiger partial charge in [0.15, 0.2) is 9.84 Å². The average Bonchev–Trinajstić information content (AvgIpc) is 3.32. The third-order valence-corrected chi connectivity index (χ3v) is 6.63. The Kier molecular flexibility index (Phi) is 6.65. The van der Waals surface area contributed by atoms with Crippen LogP contribution < -0.4 is 10.6 Å². The molecule has 4 rings (SSSR count). The van der Waals surface area contributed by atoms with Crippen LogP contribution in [0.5, 0.6) is 0 Å². The van der Waals surface area contributed by atoms with Crippen molar-refractivity contribution in [3.63, 3.8) is 0 Å². The number of para-hydroxylation sites is 1. The number of rotatable bonds is 5. The smallest absolute Gasteiger partial charge is 0.177 e. The zero-order valence-corrected chi connectivity index (χ0v) is 17.5. The molecule has 0 radical (unpaired) electrons. The number of hydrogen-bond acceptors (Lipinski definition) is 6. The van der Waals surface area contributed by atoms with Gasteiger partial charge in [0.25, 0.3) is 0 Å². The summed E-state index contributed by atoms with van der Waals surface area (Å²) in [4.78, 5) is 0.280. The molecule has 2 fully saturated rings. The Balaban J connectivity index is 0.00000225. The molecule has 0 amide bonds. The molecule has 1 aromatic heterocycles. The minimum Gasteiger partial charge on any atom is -0.379 e. The van der Waals surface area contributed by atoms with Crippen LogP contribution in [0.2, 0.25) is 0 Å². The van der Waals surface area contributed by atoms with E-state index in [1.54, 1.807) is 29.1 Å². The summed E-state index contributed by atoms with van der Waals surface area (Å²) in [5.41, 5.74) is 1.48. The highest BCUT2D eigenvalue weighted by molar-refractivity contribution is 7.90. The highest BCUT2D eigenvalue weighted by Crippen LogP contribution is 2.32. The fourth-order valence-corrected chi connectivity index (χ4v) is 5.08. The van der Waals surface area contributed by atoms with Gasteiger partial charge in [0.1, 0.15) is 0 Å². The quantitative estimate of drug-likeness (QED) is 0.762. The molecular formula is C19H27ClN4O3S. The molecule has 1 aromatic carbocycles. The average molecular weight is 427 g/mol. The van der Waals surface area contributed by atoms with Gasteiger partial charge in [0, 0.05) is 24.9 Å². The first-order valence-corrected chi connectivity index (χ1v) is 11.3. The Labute approximate surface area is 172 Å². The van der Waals surface area contributed by atoms with E-state index in [4.69, 9.17) is 4.74 Å². The fourth-order valence-electron chi connectivity index (χ4n) is 4.21. The number of sulfone groups is 1. The minimum atomic E-state index is -3.32. The van der Waals surface area contributed by atoms with Crippen LogP contribution in [0.25, 0.3) is 5.69 Å². The molecule has 1 saturated heterocycles. The number of benzene rings is 1. The molecule has 2 aliphatic rings. The molecule has 3 unspecified atom stereocenters. The molecule has 1 aliphatic carbocycles. The van der Waals surface area contributed by atoms with Crippen LogP contribution in [-0.4, -0.2) is 56.3 Å². The van der Waals surface area contributed by atoms with E-state index in [0.717, 1.165) is 31.9 Å². The molecule has 3 atom stereocenters. The number of ether oxygens (including phenoxy) is 1. The number of halogens is 1. The summed E-state index contributed by atoms with van der Waals surface area (Å²) in [6.07, 6.45) is 8.35. The largest absolute Gasteiger partial charge is 0.379 e. The lowest BCUT2D eigenvalue weighted by Crippen LogP contribution is -2.49. The molecule has 154 valence electrons. The number of anilines is 1. The Morgan fingerprint density at radius 3 is 2.86 bits per heavy atom. The molecule has 2 N–H and O–H groups in total. The van der Waals surface area contributed by atoms with Crippen molar-refractivity contribution in [1.29, 1.82) is 0 Å². The minimum absolute atomic E-state index is 0. The molecule has 28 heavy (non-hydrogen) atoms.